The number of amides is 1. The number of halogens is 2. The minimum Gasteiger partial charge on any atom is -0.338 e. The second kappa shape index (κ2) is 7.08. The average molecular weight is 370 g/mol. The molecule has 0 unspecified atom stereocenters. The van der Waals surface area contributed by atoms with Crippen LogP contribution >= 0.6 is 0 Å². The molecular formula is C20H20F2N4O. The van der Waals surface area contributed by atoms with Crippen LogP contribution in [0.15, 0.2) is 36.4 Å². The third-order valence-electron chi connectivity index (χ3n) is 4.94. The number of carbonyl (C=O) groups excluding carboxylic acids is 1. The summed E-state index contributed by atoms with van der Waals surface area (Å²) in [6, 6.07) is 9.73. The van der Waals surface area contributed by atoms with Gasteiger partial charge in [0.15, 0.2) is 11.6 Å². The lowest BCUT2D eigenvalue weighted by molar-refractivity contribution is -0.120. The Morgan fingerprint density at radius 2 is 1.93 bits per heavy atom. The van der Waals surface area contributed by atoms with E-state index < -0.39 is 11.6 Å². The largest absolute Gasteiger partial charge is 0.338 e. The SMILES string of the molecule is C[C@H]1C[C@@H](C(=O)Nc2ccc(-c3nc4cc(F)c(F)cc4[nH]3)cc2)CCN1. The molecule has 4 rings (SSSR count). The van der Waals surface area contributed by atoms with E-state index in [1.165, 1.54) is 0 Å². The van der Waals surface area contributed by atoms with Crippen molar-refractivity contribution < 1.29 is 13.6 Å². The first kappa shape index (κ1) is 17.6. The highest BCUT2D eigenvalue weighted by Gasteiger charge is 2.24. The smallest absolute Gasteiger partial charge is 0.227 e. The van der Waals surface area contributed by atoms with E-state index in [2.05, 4.69) is 27.5 Å². The fourth-order valence-electron chi connectivity index (χ4n) is 3.47. The number of H-pyrrole nitrogens is 1. The Kier molecular flexibility index (Phi) is 4.61. The number of fused-ring (bicyclic) bond motifs is 1. The van der Waals surface area contributed by atoms with Crippen molar-refractivity contribution in [2.45, 2.75) is 25.8 Å². The Labute approximate surface area is 155 Å². The number of hydrogen-bond donors (Lipinski definition) is 3. The van der Waals surface area contributed by atoms with Gasteiger partial charge >= 0.3 is 0 Å². The Morgan fingerprint density at radius 3 is 2.67 bits per heavy atom. The van der Waals surface area contributed by atoms with Gasteiger partial charge in [-0.2, -0.15) is 0 Å². The predicted octanol–water partition coefficient (Wildman–Crippen LogP) is 3.83. The van der Waals surface area contributed by atoms with E-state index in [9.17, 15) is 13.6 Å². The van der Waals surface area contributed by atoms with Crippen LogP contribution < -0.4 is 10.6 Å². The van der Waals surface area contributed by atoms with Crippen LogP contribution in [0.1, 0.15) is 19.8 Å². The Morgan fingerprint density at radius 1 is 1.19 bits per heavy atom. The zero-order valence-corrected chi connectivity index (χ0v) is 14.9. The van der Waals surface area contributed by atoms with Crippen LogP contribution in [0.3, 0.4) is 0 Å². The van der Waals surface area contributed by atoms with E-state index in [1.807, 2.05) is 12.1 Å². The molecular weight excluding hydrogens is 350 g/mol. The fourth-order valence-corrected chi connectivity index (χ4v) is 3.47. The van der Waals surface area contributed by atoms with Crippen molar-refractivity contribution in [3.05, 3.63) is 48.0 Å². The minimum atomic E-state index is -0.925. The summed E-state index contributed by atoms with van der Waals surface area (Å²) >= 11 is 0. The van der Waals surface area contributed by atoms with Crippen LogP contribution in [0, 0.1) is 17.6 Å². The van der Waals surface area contributed by atoms with Gasteiger partial charge in [0, 0.05) is 35.3 Å². The molecule has 3 N–H and O–H groups in total. The third kappa shape index (κ3) is 3.68. The highest BCUT2D eigenvalue weighted by molar-refractivity contribution is 5.93. The molecule has 140 valence electrons. The molecule has 0 saturated carbocycles. The standard InChI is InChI=1S/C20H20F2N4O/c1-11-8-13(6-7-23-11)20(27)24-14-4-2-12(3-5-14)19-25-17-9-15(21)16(22)10-18(17)26-19/h2-5,9-11,13,23H,6-8H2,1H3,(H,24,27)(H,25,26)/t11-,13-/m0/s1. The first-order chi connectivity index (χ1) is 13.0. The van der Waals surface area contributed by atoms with Crippen molar-refractivity contribution in [1.29, 1.82) is 0 Å². The molecule has 2 heterocycles. The van der Waals surface area contributed by atoms with Crippen LogP contribution in [-0.4, -0.2) is 28.5 Å². The summed E-state index contributed by atoms with van der Waals surface area (Å²) in [7, 11) is 0. The minimum absolute atomic E-state index is 0.0149. The summed E-state index contributed by atoms with van der Waals surface area (Å²) < 4.78 is 26.7. The summed E-state index contributed by atoms with van der Waals surface area (Å²) in [4.78, 5) is 19.7. The van der Waals surface area contributed by atoms with E-state index in [0.717, 1.165) is 37.1 Å². The van der Waals surface area contributed by atoms with Crippen LogP contribution in [-0.2, 0) is 4.79 Å². The molecule has 1 aromatic heterocycles. The monoisotopic (exact) mass is 370 g/mol. The molecule has 0 radical (unpaired) electrons. The predicted molar refractivity (Wildman–Crippen MR) is 100 cm³/mol. The number of aromatic nitrogens is 2. The van der Waals surface area contributed by atoms with Gasteiger partial charge in [0.2, 0.25) is 5.91 Å². The molecule has 1 fully saturated rings. The molecule has 27 heavy (non-hydrogen) atoms. The van der Waals surface area contributed by atoms with Gasteiger partial charge < -0.3 is 15.6 Å². The van der Waals surface area contributed by atoms with E-state index in [0.29, 0.717) is 28.6 Å². The summed E-state index contributed by atoms with van der Waals surface area (Å²) in [5.41, 5.74) is 2.27. The number of piperidine rings is 1. The summed E-state index contributed by atoms with van der Waals surface area (Å²) in [6.07, 6.45) is 1.66. The van der Waals surface area contributed by atoms with E-state index in [1.54, 1.807) is 12.1 Å². The third-order valence-corrected chi connectivity index (χ3v) is 4.94. The van der Waals surface area contributed by atoms with Gasteiger partial charge in [0.25, 0.3) is 0 Å². The number of benzene rings is 2. The molecule has 0 spiro atoms. The van der Waals surface area contributed by atoms with Crippen LogP contribution in [0.25, 0.3) is 22.4 Å². The van der Waals surface area contributed by atoms with E-state index in [-0.39, 0.29) is 11.8 Å². The second-order valence-electron chi connectivity index (χ2n) is 7.01. The lowest BCUT2D eigenvalue weighted by Crippen LogP contribution is -2.40. The van der Waals surface area contributed by atoms with Crippen molar-refractivity contribution in [3.63, 3.8) is 0 Å². The van der Waals surface area contributed by atoms with Crippen molar-refractivity contribution in [2.24, 2.45) is 5.92 Å². The van der Waals surface area contributed by atoms with Gasteiger partial charge in [0.1, 0.15) is 5.82 Å². The zero-order valence-electron chi connectivity index (χ0n) is 14.9. The molecule has 0 bridgehead atoms. The summed E-state index contributed by atoms with van der Waals surface area (Å²) in [6.45, 7) is 2.94. The molecule has 1 aliphatic rings. The molecule has 1 aliphatic heterocycles. The second-order valence-corrected chi connectivity index (χ2v) is 7.01. The van der Waals surface area contributed by atoms with Gasteiger partial charge in [-0.05, 0) is 50.6 Å². The Hall–Kier alpha value is -2.80. The van der Waals surface area contributed by atoms with E-state index >= 15 is 0 Å². The number of hydrogen-bond acceptors (Lipinski definition) is 3. The van der Waals surface area contributed by atoms with Crippen molar-refractivity contribution in [1.82, 2.24) is 15.3 Å². The topological polar surface area (TPSA) is 69.8 Å². The maximum atomic E-state index is 13.3. The van der Waals surface area contributed by atoms with Crippen molar-refractivity contribution >= 4 is 22.6 Å². The highest BCUT2D eigenvalue weighted by Crippen LogP contribution is 2.24. The molecule has 2 aromatic carbocycles. The molecule has 5 nitrogen and oxygen atoms in total. The number of nitrogens with one attached hydrogen (secondary N) is 3. The van der Waals surface area contributed by atoms with Gasteiger partial charge in [-0.3, -0.25) is 4.79 Å². The molecule has 3 aromatic rings. The quantitative estimate of drug-likeness (QED) is 0.656. The van der Waals surface area contributed by atoms with Gasteiger partial charge in [-0.15, -0.1) is 0 Å². The van der Waals surface area contributed by atoms with Crippen LogP contribution in [0.4, 0.5) is 14.5 Å². The van der Waals surface area contributed by atoms with Gasteiger partial charge in [0.05, 0.1) is 11.0 Å². The molecule has 7 heteroatoms. The molecule has 0 aliphatic carbocycles. The number of carbonyl (C=O) groups is 1. The summed E-state index contributed by atoms with van der Waals surface area (Å²) in [5, 5.41) is 6.29. The number of anilines is 1. The first-order valence-corrected chi connectivity index (χ1v) is 8.99. The fraction of sp³-hybridized carbons (Fsp3) is 0.300. The Bertz CT molecular complexity index is 945. The normalized spacial score (nSPS) is 20.0. The number of imidazole rings is 1. The molecule has 2 atom stereocenters. The number of nitrogens with zero attached hydrogens (tertiary/aromatic N) is 1. The van der Waals surface area contributed by atoms with Gasteiger partial charge in [-0.25, -0.2) is 13.8 Å². The molecule has 1 saturated heterocycles. The van der Waals surface area contributed by atoms with Crippen molar-refractivity contribution in [2.75, 3.05) is 11.9 Å². The molecule has 1 amide bonds. The maximum absolute atomic E-state index is 13.3. The van der Waals surface area contributed by atoms with Crippen LogP contribution in [0.2, 0.25) is 0 Å². The maximum Gasteiger partial charge on any atom is 0.227 e. The van der Waals surface area contributed by atoms with E-state index in [4.69, 9.17) is 0 Å². The number of aromatic amines is 1. The Balaban J connectivity index is 1.49. The van der Waals surface area contributed by atoms with Gasteiger partial charge in [-0.1, -0.05) is 0 Å². The first-order valence-electron chi connectivity index (χ1n) is 8.99. The average Bonchev–Trinajstić information content (AvgIpc) is 3.05. The lowest BCUT2D eigenvalue weighted by Gasteiger charge is -2.27. The van der Waals surface area contributed by atoms with Crippen LogP contribution in [0.5, 0.6) is 0 Å². The lowest BCUT2D eigenvalue weighted by atomic mass is 9.92. The van der Waals surface area contributed by atoms with Crippen molar-refractivity contribution in [3.8, 4) is 11.4 Å². The number of rotatable bonds is 3. The highest BCUT2D eigenvalue weighted by atomic mass is 19.2. The zero-order chi connectivity index (χ0) is 19.0. The summed E-state index contributed by atoms with van der Waals surface area (Å²) in [5.74, 6) is -1.28.